The highest BCUT2D eigenvalue weighted by atomic mass is 79.9. The molecule has 0 amide bonds. The first-order chi connectivity index (χ1) is 9.90. The van der Waals surface area contributed by atoms with Crippen molar-refractivity contribution in [2.24, 2.45) is 11.3 Å². The summed E-state index contributed by atoms with van der Waals surface area (Å²) in [6, 6.07) is 0. The number of thiophene rings is 1. The van der Waals surface area contributed by atoms with Gasteiger partial charge in [0, 0.05) is 16.6 Å². The molecule has 1 aliphatic rings. The SMILES string of the molecule is CC(C)(C)C1CCc2c(sc3nc(CCBr)[nH]c(=O)c23)C1. The maximum absolute atomic E-state index is 12.4. The molecular weight excluding hydrogens is 348 g/mol. The van der Waals surface area contributed by atoms with Gasteiger partial charge in [-0.1, -0.05) is 36.7 Å². The van der Waals surface area contributed by atoms with Crippen LogP contribution in [0.4, 0.5) is 0 Å². The zero-order valence-corrected chi connectivity index (χ0v) is 15.2. The number of halogens is 1. The van der Waals surface area contributed by atoms with Crippen LogP contribution in [-0.2, 0) is 19.3 Å². The number of hydrogen-bond donors (Lipinski definition) is 1. The average molecular weight is 369 g/mol. The normalized spacial score (nSPS) is 19.0. The first-order valence-electron chi connectivity index (χ1n) is 7.49. The van der Waals surface area contributed by atoms with Gasteiger partial charge in [0.15, 0.2) is 0 Å². The van der Waals surface area contributed by atoms with E-state index in [1.54, 1.807) is 11.3 Å². The summed E-state index contributed by atoms with van der Waals surface area (Å²) >= 11 is 5.13. The maximum atomic E-state index is 12.4. The summed E-state index contributed by atoms with van der Waals surface area (Å²) in [4.78, 5) is 22.3. The van der Waals surface area contributed by atoms with Crippen LogP contribution in [0.15, 0.2) is 4.79 Å². The molecule has 0 aliphatic heterocycles. The van der Waals surface area contributed by atoms with Crippen molar-refractivity contribution in [2.45, 2.75) is 46.5 Å². The highest BCUT2D eigenvalue weighted by Gasteiger charge is 2.31. The van der Waals surface area contributed by atoms with E-state index in [2.05, 4.69) is 46.7 Å². The van der Waals surface area contributed by atoms with Crippen molar-refractivity contribution in [1.82, 2.24) is 9.97 Å². The molecule has 1 atom stereocenters. The van der Waals surface area contributed by atoms with E-state index in [1.807, 2.05) is 0 Å². The van der Waals surface area contributed by atoms with Crippen LogP contribution in [0.3, 0.4) is 0 Å². The summed E-state index contributed by atoms with van der Waals surface area (Å²) < 4.78 is 0. The van der Waals surface area contributed by atoms with E-state index in [9.17, 15) is 4.79 Å². The predicted octanol–water partition coefficient (Wildman–Crippen LogP) is 4.07. The van der Waals surface area contributed by atoms with Gasteiger partial charge in [-0.25, -0.2) is 4.98 Å². The molecular formula is C16H21BrN2OS. The first-order valence-corrected chi connectivity index (χ1v) is 9.43. The van der Waals surface area contributed by atoms with Crippen molar-refractivity contribution in [3.63, 3.8) is 0 Å². The molecule has 0 aromatic carbocycles. The minimum absolute atomic E-state index is 0.0441. The van der Waals surface area contributed by atoms with Crippen LogP contribution in [0.2, 0.25) is 0 Å². The van der Waals surface area contributed by atoms with Gasteiger partial charge in [-0.15, -0.1) is 11.3 Å². The lowest BCUT2D eigenvalue weighted by Crippen LogP contribution is -2.26. The molecule has 0 bridgehead atoms. The summed E-state index contributed by atoms with van der Waals surface area (Å²) in [6.45, 7) is 6.94. The van der Waals surface area contributed by atoms with Gasteiger partial charge in [0.1, 0.15) is 10.7 Å². The van der Waals surface area contributed by atoms with Gasteiger partial charge in [-0.2, -0.15) is 0 Å². The molecule has 2 aromatic heterocycles. The van der Waals surface area contributed by atoms with Crippen LogP contribution in [0.1, 0.15) is 43.5 Å². The molecule has 0 saturated carbocycles. The molecule has 1 N–H and O–H groups in total. The Balaban J connectivity index is 2.07. The third-order valence-corrected chi connectivity index (χ3v) is 6.07. The highest BCUT2D eigenvalue weighted by molar-refractivity contribution is 9.09. The number of hydrogen-bond acceptors (Lipinski definition) is 3. The van der Waals surface area contributed by atoms with E-state index in [-0.39, 0.29) is 5.56 Å². The third kappa shape index (κ3) is 2.82. The van der Waals surface area contributed by atoms with Crippen LogP contribution in [0.5, 0.6) is 0 Å². The lowest BCUT2D eigenvalue weighted by molar-refractivity contribution is 0.218. The molecule has 3 rings (SSSR count). The Morgan fingerprint density at radius 2 is 2.19 bits per heavy atom. The van der Waals surface area contributed by atoms with Crippen molar-refractivity contribution in [2.75, 3.05) is 5.33 Å². The lowest BCUT2D eigenvalue weighted by Gasteiger charge is -2.33. The number of fused-ring (bicyclic) bond motifs is 3. The summed E-state index contributed by atoms with van der Waals surface area (Å²) in [6.07, 6.45) is 4.04. The summed E-state index contributed by atoms with van der Waals surface area (Å²) in [5.74, 6) is 1.48. The lowest BCUT2D eigenvalue weighted by atomic mass is 9.72. The Hall–Kier alpha value is -0.680. The number of rotatable bonds is 2. The maximum Gasteiger partial charge on any atom is 0.259 e. The summed E-state index contributed by atoms with van der Waals surface area (Å²) in [5, 5.41) is 1.67. The fourth-order valence-electron chi connectivity index (χ4n) is 3.18. The standard InChI is InChI=1S/C16H21BrN2OS/c1-16(2,3)9-4-5-10-11(8-9)21-15-13(10)14(20)18-12(19-15)6-7-17/h9H,4-8H2,1-3H3,(H,18,19,20). The Morgan fingerprint density at radius 3 is 2.86 bits per heavy atom. The van der Waals surface area contributed by atoms with Gasteiger partial charge in [0.2, 0.25) is 0 Å². The smallest absolute Gasteiger partial charge is 0.259 e. The van der Waals surface area contributed by atoms with E-state index >= 15 is 0 Å². The van der Waals surface area contributed by atoms with E-state index in [0.29, 0.717) is 11.3 Å². The third-order valence-electron chi connectivity index (χ3n) is 4.52. The van der Waals surface area contributed by atoms with Crippen LogP contribution in [0.25, 0.3) is 10.2 Å². The van der Waals surface area contributed by atoms with Crippen molar-refractivity contribution in [1.29, 1.82) is 0 Å². The van der Waals surface area contributed by atoms with E-state index in [1.165, 1.54) is 16.9 Å². The molecule has 21 heavy (non-hydrogen) atoms. The van der Waals surface area contributed by atoms with Crippen molar-refractivity contribution >= 4 is 37.5 Å². The van der Waals surface area contributed by atoms with Gasteiger partial charge in [0.25, 0.3) is 5.56 Å². The molecule has 0 radical (unpaired) electrons. The van der Waals surface area contributed by atoms with Gasteiger partial charge < -0.3 is 4.98 Å². The van der Waals surface area contributed by atoms with Gasteiger partial charge in [-0.3, -0.25) is 4.79 Å². The number of aromatic nitrogens is 2. The number of H-pyrrole nitrogens is 1. The minimum atomic E-state index is 0.0441. The number of alkyl halides is 1. The molecule has 0 spiro atoms. The van der Waals surface area contributed by atoms with E-state index < -0.39 is 0 Å². The fourth-order valence-corrected chi connectivity index (χ4v) is 4.87. The average Bonchev–Trinajstić information content (AvgIpc) is 2.75. The Kier molecular flexibility index (Phi) is 3.99. The molecule has 3 nitrogen and oxygen atoms in total. The second-order valence-corrected chi connectivity index (χ2v) is 8.82. The Bertz CT molecular complexity index is 726. The minimum Gasteiger partial charge on any atom is -0.310 e. The van der Waals surface area contributed by atoms with Gasteiger partial charge in [-0.05, 0) is 36.2 Å². The molecule has 0 fully saturated rings. The van der Waals surface area contributed by atoms with Crippen LogP contribution < -0.4 is 5.56 Å². The Morgan fingerprint density at radius 1 is 1.43 bits per heavy atom. The van der Waals surface area contributed by atoms with Crippen LogP contribution >= 0.6 is 27.3 Å². The zero-order valence-electron chi connectivity index (χ0n) is 12.8. The Labute approximate surface area is 137 Å². The molecule has 114 valence electrons. The predicted molar refractivity (Wildman–Crippen MR) is 92.7 cm³/mol. The molecule has 1 unspecified atom stereocenters. The molecule has 2 aromatic rings. The topological polar surface area (TPSA) is 45.8 Å². The zero-order chi connectivity index (χ0) is 15.2. The highest BCUT2D eigenvalue weighted by Crippen LogP contribution is 2.41. The second-order valence-electron chi connectivity index (χ2n) is 6.94. The van der Waals surface area contributed by atoms with Crippen molar-refractivity contribution in [3.8, 4) is 0 Å². The molecule has 1 aliphatic carbocycles. The number of nitrogens with zero attached hydrogens (tertiary/aromatic N) is 1. The van der Waals surface area contributed by atoms with E-state index in [0.717, 1.165) is 40.6 Å². The van der Waals surface area contributed by atoms with Crippen molar-refractivity contribution in [3.05, 3.63) is 26.6 Å². The number of nitrogens with one attached hydrogen (secondary N) is 1. The largest absolute Gasteiger partial charge is 0.310 e. The van der Waals surface area contributed by atoms with Crippen molar-refractivity contribution < 1.29 is 0 Å². The monoisotopic (exact) mass is 368 g/mol. The first kappa shape index (κ1) is 15.2. The van der Waals surface area contributed by atoms with Crippen LogP contribution in [-0.4, -0.2) is 15.3 Å². The summed E-state index contributed by atoms with van der Waals surface area (Å²) in [7, 11) is 0. The molecule has 0 saturated heterocycles. The van der Waals surface area contributed by atoms with Gasteiger partial charge in [0.05, 0.1) is 5.39 Å². The number of aromatic amines is 1. The van der Waals surface area contributed by atoms with E-state index in [4.69, 9.17) is 0 Å². The van der Waals surface area contributed by atoms with Crippen LogP contribution in [0, 0.1) is 11.3 Å². The quantitative estimate of drug-likeness (QED) is 0.811. The fraction of sp³-hybridized carbons (Fsp3) is 0.625. The summed E-state index contributed by atoms with van der Waals surface area (Å²) in [5.41, 5.74) is 1.63. The van der Waals surface area contributed by atoms with Gasteiger partial charge >= 0.3 is 0 Å². The number of aryl methyl sites for hydroxylation is 2. The molecule has 5 heteroatoms. The molecule has 2 heterocycles. The second kappa shape index (κ2) is 5.51.